The smallest absolute Gasteiger partial charge is 0.269 e. The van der Waals surface area contributed by atoms with Crippen LogP contribution in [0.2, 0.25) is 0 Å². The van der Waals surface area contributed by atoms with Crippen molar-refractivity contribution in [2.75, 3.05) is 9.91 Å². The lowest BCUT2D eigenvalue weighted by atomic mass is 9.80. The van der Waals surface area contributed by atoms with E-state index in [2.05, 4.69) is 24.3 Å². The Bertz CT molecular complexity index is 1750. The Morgan fingerprint density at radius 3 is 1.76 bits per heavy atom. The van der Waals surface area contributed by atoms with E-state index in [-0.39, 0.29) is 5.91 Å². The molecule has 5 aromatic carbocycles. The van der Waals surface area contributed by atoms with Crippen molar-refractivity contribution < 1.29 is 4.79 Å². The second kappa shape index (κ2) is 10.0. The van der Waals surface area contributed by atoms with Crippen LogP contribution in [0.5, 0.6) is 0 Å². The van der Waals surface area contributed by atoms with E-state index in [9.17, 15) is 0 Å². The topological polar surface area (TPSA) is 48.3 Å². The fraction of sp³-hybridized carbons (Fsp3) is 0.0833. The predicted molar refractivity (Wildman–Crippen MR) is 165 cm³/mol. The minimum Gasteiger partial charge on any atom is -0.269 e. The van der Waals surface area contributed by atoms with Gasteiger partial charge in [-0.15, -0.1) is 0 Å². The first kappa shape index (κ1) is 24.7. The summed E-state index contributed by atoms with van der Waals surface area (Å²) in [6.07, 6.45) is 0. The maximum atomic E-state index is 15.2. The molecule has 198 valence electrons. The monoisotopic (exact) mass is 532 g/mol. The van der Waals surface area contributed by atoms with Crippen LogP contribution >= 0.6 is 0 Å². The summed E-state index contributed by atoms with van der Waals surface area (Å²) >= 11 is 0. The van der Waals surface area contributed by atoms with Gasteiger partial charge in [0.05, 0.1) is 23.0 Å². The van der Waals surface area contributed by atoms with Gasteiger partial charge in [-0.3, -0.25) is 9.69 Å². The molecule has 0 radical (unpaired) electrons. The molecule has 2 atom stereocenters. The Balaban J connectivity index is 1.53. The largest absolute Gasteiger partial charge is 0.284 e. The zero-order valence-electron chi connectivity index (χ0n) is 22.6. The molecule has 5 heteroatoms. The number of hydrogen-bond acceptors (Lipinski definition) is 4. The van der Waals surface area contributed by atoms with Gasteiger partial charge in [0.2, 0.25) is 5.66 Å². The van der Waals surface area contributed by atoms with Gasteiger partial charge in [0.15, 0.2) is 0 Å². The summed E-state index contributed by atoms with van der Waals surface area (Å²) in [4.78, 5) is 22.5. The van der Waals surface area contributed by atoms with Crippen LogP contribution in [-0.4, -0.2) is 23.1 Å². The molecule has 41 heavy (non-hydrogen) atoms. The SMILES string of the molecule is Cc1ccc(N2C(=O)[C@]3(N=C2c2ccccc2)[C@H](c2ccccc2)C(c2ccccc2)=NN3c2ccccc2)cc1. The van der Waals surface area contributed by atoms with E-state index in [1.807, 2.05) is 133 Å². The number of anilines is 2. The summed E-state index contributed by atoms with van der Waals surface area (Å²) in [5, 5.41) is 7.08. The second-order valence-electron chi connectivity index (χ2n) is 10.3. The molecule has 0 aromatic heterocycles. The first-order chi connectivity index (χ1) is 20.2. The number of benzene rings is 5. The van der Waals surface area contributed by atoms with Gasteiger partial charge in [0.1, 0.15) is 5.84 Å². The zero-order chi connectivity index (χ0) is 27.8. The molecule has 5 nitrogen and oxygen atoms in total. The third kappa shape index (κ3) is 4.05. The number of amidine groups is 1. The van der Waals surface area contributed by atoms with Crippen molar-refractivity contribution in [2.45, 2.75) is 18.5 Å². The standard InChI is InChI=1S/C36H28N4O/c1-26-22-24-30(25-23-26)39-34(29-18-10-4-11-19-29)37-36(35(39)41)32(27-14-6-2-7-15-27)33(28-16-8-3-9-17-28)38-40(36)31-20-12-5-13-21-31/h2-25,32H,1H3/t32-,36+/m1/s1. The number of aliphatic imine (C=N–C) groups is 1. The molecule has 2 aliphatic rings. The lowest BCUT2D eigenvalue weighted by Gasteiger charge is -2.35. The highest BCUT2D eigenvalue weighted by Gasteiger charge is 2.63. The van der Waals surface area contributed by atoms with Gasteiger partial charge in [-0.05, 0) is 42.3 Å². The van der Waals surface area contributed by atoms with Crippen LogP contribution in [0.25, 0.3) is 0 Å². The molecule has 0 aliphatic carbocycles. The average molecular weight is 533 g/mol. The average Bonchev–Trinajstić information content (AvgIpc) is 3.54. The molecule has 0 saturated carbocycles. The lowest BCUT2D eigenvalue weighted by Crippen LogP contribution is -2.55. The molecule has 0 fully saturated rings. The number of hydrazone groups is 1. The molecule has 1 amide bonds. The maximum Gasteiger partial charge on any atom is 0.284 e. The predicted octanol–water partition coefficient (Wildman–Crippen LogP) is 7.19. The molecule has 0 unspecified atom stereocenters. The summed E-state index contributed by atoms with van der Waals surface area (Å²) < 4.78 is 0. The highest BCUT2D eigenvalue weighted by Crippen LogP contribution is 2.50. The first-order valence-electron chi connectivity index (χ1n) is 13.8. The van der Waals surface area contributed by atoms with Crippen molar-refractivity contribution >= 4 is 28.8 Å². The van der Waals surface area contributed by atoms with E-state index in [4.69, 9.17) is 10.1 Å². The van der Waals surface area contributed by atoms with Gasteiger partial charge in [0, 0.05) is 5.56 Å². The molecular weight excluding hydrogens is 504 g/mol. The van der Waals surface area contributed by atoms with Crippen LogP contribution in [-0.2, 0) is 4.79 Å². The number of aryl methyl sites for hydroxylation is 1. The minimum absolute atomic E-state index is 0.146. The van der Waals surface area contributed by atoms with Gasteiger partial charge in [-0.2, -0.15) is 5.10 Å². The van der Waals surface area contributed by atoms with Crippen molar-refractivity contribution in [1.29, 1.82) is 0 Å². The molecule has 1 spiro atoms. The van der Waals surface area contributed by atoms with Crippen LogP contribution in [0.4, 0.5) is 11.4 Å². The first-order valence-corrected chi connectivity index (χ1v) is 13.8. The van der Waals surface area contributed by atoms with Crippen LogP contribution in [0.15, 0.2) is 156 Å². The lowest BCUT2D eigenvalue weighted by molar-refractivity contribution is -0.121. The normalized spacial score (nSPS) is 19.9. The van der Waals surface area contributed by atoms with Crippen LogP contribution in [0, 0.1) is 6.92 Å². The number of nitrogens with zero attached hydrogens (tertiary/aromatic N) is 4. The summed E-state index contributed by atoms with van der Waals surface area (Å²) in [6, 6.07) is 48.1. The van der Waals surface area contributed by atoms with Gasteiger partial charge in [0.25, 0.3) is 5.91 Å². The molecule has 5 aromatic rings. The van der Waals surface area contributed by atoms with Crippen LogP contribution in [0.1, 0.15) is 28.2 Å². The van der Waals surface area contributed by atoms with E-state index >= 15 is 4.79 Å². The van der Waals surface area contributed by atoms with Gasteiger partial charge in [-0.1, -0.05) is 127 Å². The highest BCUT2D eigenvalue weighted by molar-refractivity contribution is 6.32. The maximum absolute atomic E-state index is 15.2. The van der Waals surface area contributed by atoms with Gasteiger partial charge in [-0.25, -0.2) is 10.0 Å². The third-order valence-electron chi connectivity index (χ3n) is 7.74. The molecule has 2 aliphatic heterocycles. The molecule has 0 N–H and O–H groups in total. The van der Waals surface area contributed by atoms with Crippen molar-refractivity contribution in [3.05, 3.63) is 168 Å². The molecule has 2 heterocycles. The summed E-state index contributed by atoms with van der Waals surface area (Å²) in [5.41, 5.74) is 4.91. The Morgan fingerprint density at radius 1 is 0.610 bits per heavy atom. The Kier molecular flexibility index (Phi) is 6.05. The number of amides is 1. The van der Waals surface area contributed by atoms with E-state index in [0.717, 1.165) is 39.3 Å². The number of rotatable bonds is 5. The van der Waals surface area contributed by atoms with E-state index < -0.39 is 11.6 Å². The van der Waals surface area contributed by atoms with Gasteiger partial charge < -0.3 is 0 Å². The zero-order valence-corrected chi connectivity index (χ0v) is 22.6. The highest BCUT2D eigenvalue weighted by atomic mass is 16.2. The molecule has 0 bridgehead atoms. The van der Waals surface area contributed by atoms with E-state index in [1.165, 1.54) is 0 Å². The number of hydrogen-bond donors (Lipinski definition) is 0. The van der Waals surface area contributed by atoms with Crippen molar-refractivity contribution in [2.24, 2.45) is 10.1 Å². The third-order valence-corrected chi connectivity index (χ3v) is 7.74. The van der Waals surface area contributed by atoms with E-state index in [1.54, 1.807) is 4.90 Å². The molecule has 7 rings (SSSR count). The number of para-hydroxylation sites is 1. The summed E-state index contributed by atoms with van der Waals surface area (Å²) in [5.74, 6) is -0.00797. The second-order valence-corrected chi connectivity index (χ2v) is 10.3. The van der Waals surface area contributed by atoms with Crippen molar-refractivity contribution in [3.63, 3.8) is 0 Å². The van der Waals surface area contributed by atoms with Crippen LogP contribution < -0.4 is 9.91 Å². The number of carbonyl (C=O) groups is 1. The van der Waals surface area contributed by atoms with Crippen molar-refractivity contribution in [1.82, 2.24) is 0 Å². The quantitative estimate of drug-likeness (QED) is 0.240. The Hall–Kier alpha value is -5.29. The number of carbonyl (C=O) groups excluding carboxylic acids is 1. The van der Waals surface area contributed by atoms with Crippen LogP contribution in [0.3, 0.4) is 0 Å². The minimum atomic E-state index is -1.38. The van der Waals surface area contributed by atoms with Gasteiger partial charge >= 0.3 is 0 Å². The van der Waals surface area contributed by atoms with Crippen molar-refractivity contribution in [3.8, 4) is 0 Å². The fourth-order valence-corrected chi connectivity index (χ4v) is 5.81. The summed E-state index contributed by atoms with van der Waals surface area (Å²) in [7, 11) is 0. The summed E-state index contributed by atoms with van der Waals surface area (Å²) in [6.45, 7) is 2.04. The Morgan fingerprint density at radius 2 is 1.15 bits per heavy atom. The molecule has 0 saturated heterocycles. The fourth-order valence-electron chi connectivity index (χ4n) is 5.81. The van der Waals surface area contributed by atoms with E-state index in [0.29, 0.717) is 5.84 Å². The Labute approximate surface area is 239 Å². The molecular formula is C36H28N4O.